The molecule has 5 N–H and O–H groups in total. The van der Waals surface area contributed by atoms with Gasteiger partial charge in [0.25, 0.3) is 0 Å². The molecule has 1 aromatic carbocycles. The Balaban J connectivity index is 1.52. The SMILES string of the molecule is Cc1cc2sc(-c3c(C)nc(N[C@H](C)c4ccc(OC(F)(F)F)cc4)nc3N[C@@]3(O)CC[C@H](C(C)(C)O)[C@H]3O)nc2c(C)n1. The molecule has 1 aliphatic rings. The van der Waals surface area contributed by atoms with Crippen LogP contribution in [0.25, 0.3) is 20.8 Å². The van der Waals surface area contributed by atoms with Crippen molar-refractivity contribution in [3.8, 4) is 16.3 Å². The van der Waals surface area contributed by atoms with Crippen LogP contribution in [0.5, 0.6) is 5.75 Å². The number of nitrogens with one attached hydrogen (secondary N) is 2. The Labute approximate surface area is 256 Å². The van der Waals surface area contributed by atoms with E-state index in [-0.39, 0.29) is 23.9 Å². The molecule has 0 spiro atoms. The molecule has 0 radical (unpaired) electrons. The van der Waals surface area contributed by atoms with Crippen molar-refractivity contribution in [1.29, 1.82) is 0 Å². The summed E-state index contributed by atoms with van der Waals surface area (Å²) in [6, 6.07) is 6.99. The van der Waals surface area contributed by atoms with Crippen LogP contribution in [0.3, 0.4) is 0 Å². The molecular weight excluding hydrogens is 597 g/mol. The lowest BCUT2D eigenvalue weighted by molar-refractivity contribution is -0.274. The van der Waals surface area contributed by atoms with E-state index < -0.39 is 35.8 Å². The first-order valence-corrected chi connectivity index (χ1v) is 14.9. The molecule has 3 aromatic heterocycles. The molecule has 10 nitrogen and oxygen atoms in total. The second kappa shape index (κ2) is 11.4. The number of thiazole rings is 1. The maximum atomic E-state index is 12.6. The largest absolute Gasteiger partial charge is 0.573 e. The molecule has 14 heteroatoms. The molecule has 1 saturated carbocycles. The number of fused-ring (bicyclic) bond motifs is 1. The quantitative estimate of drug-likeness (QED) is 0.151. The summed E-state index contributed by atoms with van der Waals surface area (Å²) in [7, 11) is 0. The van der Waals surface area contributed by atoms with Crippen LogP contribution >= 0.6 is 11.3 Å². The number of anilines is 2. The van der Waals surface area contributed by atoms with Gasteiger partial charge in [0.15, 0.2) is 5.72 Å². The fourth-order valence-electron chi connectivity index (χ4n) is 5.65. The molecule has 0 aliphatic heterocycles. The Kier molecular flexibility index (Phi) is 8.25. The zero-order chi connectivity index (χ0) is 32.2. The van der Waals surface area contributed by atoms with Crippen LogP contribution in [0.15, 0.2) is 30.3 Å². The van der Waals surface area contributed by atoms with Crippen molar-refractivity contribution < 1.29 is 33.2 Å². The van der Waals surface area contributed by atoms with Gasteiger partial charge in [-0.25, -0.2) is 9.97 Å². The number of nitrogens with zero attached hydrogens (tertiary/aromatic N) is 4. The summed E-state index contributed by atoms with van der Waals surface area (Å²) in [6.45, 7) is 10.6. The first kappa shape index (κ1) is 31.8. The Morgan fingerprint density at radius 1 is 1.05 bits per heavy atom. The van der Waals surface area contributed by atoms with E-state index in [0.29, 0.717) is 28.2 Å². The van der Waals surface area contributed by atoms with E-state index in [1.165, 1.54) is 35.6 Å². The Bertz CT molecular complexity index is 1670. The number of alkyl halides is 3. The lowest BCUT2D eigenvalue weighted by Crippen LogP contribution is -2.51. The number of aryl methyl sites for hydroxylation is 3. The second-order valence-electron chi connectivity index (χ2n) is 11.8. The minimum absolute atomic E-state index is 0.152. The highest BCUT2D eigenvalue weighted by Crippen LogP contribution is 2.44. The van der Waals surface area contributed by atoms with Crippen molar-refractivity contribution in [2.75, 3.05) is 10.6 Å². The van der Waals surface area contributed by atoms with Gasteiger partial charge in [-0.1, -0.05) is 12.1 Å². The van der Waals surface area contributed by atoms with E-state index in [9.17, 15) is 28.5 Å². The van der Waals surface area contributed by atoms with Crippen molar-refractivity contribution in [1.82, 2.24) is 19.9 Å². The average molecular weight is 633 g/mol. The van der Waals surface area contributed by atoms with Crippen LogP contribution in [0, 0.1) is 26.7 Å². The zero-order valence-electron chi connectivity index (χ0n) is 25.1. The van der Waals surface area contributed by atoms with Crippen LogP contribution in [0.2, 0.25) is 0 Å². The third kappa shape index (κ3) is 6.58. The molecule has 44 heavy (non-hydrogen) atoms. The fourth-order valence-corrected chi connectivity index (χ4v) is 6.86. The summed E-state index contributed by atoms with van der Waals surface area (Å²) in [5.41, 5.74) is 1.04. The molecule has 5 rings (SSSR count). The second-order valence-corrected chi connectivity index (χ2v) is 12.9. The molecule has 1 fully saturated rings. The maximum absolute atomic E-state index is 12.6. The van der Waals surface area contributed by atoms with Gasteiger partial charge in [0.1, 0.15) is 28.2 Å². The molecule has 0 amide bonds. The predicted octanol–water partition coefficient (Wildman–Crippen LogP) is 5.79. The molecule has 4 atom stereocenters. The minimum atomic E-state index is -4.79. The topological polar surface area (TPSA) is 146 Å². The highest BCUT2D eigenvalue weighted by Gasteiger charge is 2.52. The number of halogens is 3. The number of aromatic nitrogens is 4. The predicted molar refractivity (Wildman–Crippen MR) is 161 cm³/mol. The van der Waals surface area contributed by atoms with Crippen molar-refractivity contribution in [2.24, 2.45) is 5.92 Å². The van der Waals surface area contributed by atoms with Crippen LogP contribution in [-0.2, 0) is 0 Å². The normalized spacial score (nSPS) is 21.5. The number of hydrogen-bond donors (Lipinski definition) is 5. The number of pyridine rings is 1. The molecule has 3 heterocycles. The number of aliphatic hydroxyl groups is 3. The minimum Gasteiger partial charge on any atom is -0.406 e. The third-order valence-corrected chi connectivity index (χ3v) is 8.91. The number of ether oxygens (including phenoxy) is 1. The first-order valence-electron chi connectivity index (χ1n) is 14.1. The van der Waals surface area contributed by atoms with Crippen LogP contribution < -0.4 is 15.4 Å². The molecular formula is C30H35F3N6O4S. The van der Waals surface area contributed by atoms with Gasteiger partial charge in [0.2, 0.25) is 5.95 Å². The summed E-state index contributed by atoms with van der Waals surface area (Å²) >= 11 is 1.42. The van der Waals surface area contributed by atoms with Crippen LogP contribution in [0.4, 0.5) is 24.9 Å². The summed E-state index contributed by atoms with van der Waals surface area (Å²) in [5, 5.41) is 40.2. The lowest BCUT2D eigenvalue weighted by atomic mass is 9.87. The van der Waals surface area contributed by atoms with Crippen LogP contribution in [0.1, 0.15) is 62.3 Å². The Morgan fingerprint density at radius 2 is 1.73 bits per heavy atom. The Morgan fingerprint density at radius 3 is 2.34 bits per heavy atom. The number of aliphatic hydroxyl groups excluding tert-OH is 1. The van der Waals surface area contributed by atoms with E-state index in [1.807, 2.05) is 19.9 Å². The van der Waals surface area contributed by atoms with Gasteiger partial charge in [-0.15, -0.1) is 24.5 Å². The van der Waals surface area contributed by atoms with Crippen molar-refractivity contribution >= 4 is 33.3 Å². The summed E-state index contributed by atoms with van der Waals surface area (Å²) in [4.78, 5) is 18.7. The lowest BCUT2D eigenvalue weighted by Gasteiger charge is -2.34. The summed E-state index contributed by atoms with van der Waals surface area (Å²) < 4.78 is 42.6. The molecule has 0 unspecified atom stereocenters. The maximum Gasteiger partial charge on any atom is 0.573 e. The first-order chi connectivity index (χ1) is 20.4. The van der Waals surface area contributed by atoms with Crippen molar-refractivity contribution in [3.05, 3.63) is 53.0 Å². The van der Waals surface area contributed by atoms with Gasteiger partial charge < -0.3 is 30.7 Å². The van der Waals surface area contributed by atoms with Gasteiger partial charge in [-0.05, 0) is 78.1 Å². The number of benzene rings is 1. The summed E-state index contributed by atoms with van der Waals surface area (Å²) in [6.07, 6.45) is -5.57. The van der Waals surface area contributed by atoms with Gasteiger partial charge in [-0.2, -0.15) is 4.98 Å². The van der Waals surface area contributed by atoms with Gasteiger partial charge >= 0.3 is 6.36 Å². The van der Waals surface area contributed by atoms with Gasteiger partial charge in [0, 0.05) is 11.6 Å². The van der Waals surface area contributed by atoms with Crippen molar-refractivity contribution in [3.63, 3.8) is 0 Å². The van der Waals surface area contributed by atoms with E-state index in [0.717, 1.165) is 21.6 Å². The fraction of sp³-hybridized carbons (Fsp3) is 0.467. The van der Waals surface area contributed by atoms with Crippen LogP contribution in [-0.4, -0.2) is 59.0 Å². The molecule has 0 saturated heterocycles. The van der Waals surface area contributed by atoms with Crippen molar-refractivity contribution in [2.45, 2.75) is 84.2 Å². The van der Waals surface area contributed by atoms with E-state index in [1.54, 1.807) is 27.7 Å². The monoisotopic (exact) mass is 632 g/mol. The highest BCUT2D eigenvalue weighted by atomic mass is 32.1. The zero-order valence-corrected chi connectivity index (χ0v) is 25.9. The summed E-state index contributed by atoms with van der Waals surface area (Å²) in [5.74, 6) is -0.518. The van der Waals surface area contributed by atoms with E-state index in [4.69, 9.17) is 9.97 Å². The molecule has 1 aliphatic carbocycles. The number of rotatable bonds is 8. The molecule has 4 aromatic rings. The van der Waals surface area contributed by atoms with E-state index in [2.05, 4.69) is 25.3 Å². The van der Waals surface area contributed by atoms with E-state index >= 15 is 0 Å². The number of hydrogen-bond acceptors (Lipinski definition) is 11. The standard InChI is InChI=1S/C30H35F3N6O4S/c1-14-13-21-23(17(4)34-14)37-26(44-21)22-16(3)36-27(35-15(2)18-7-9-19(10-8-18)43-30(31,32)33)38-25(22)39-29(42)12-11-20(24(29)40)28(5,6)41/h7-10,13,15,20,24,40-42H,11-12H2,1-6H3,(H2,35,36,38,39)/t15-,20+,24-,29-/m1/s1. The van der Waals surface area contributed by atoms with Gasteiger partial charge in [-0.3, -0.25) is 4.98 Å². The average Bonchev–Trinajstić information content (AvgIpc) is 3.43. The molecule has 236 valence electrons. The van der Waals surface area contributed by atoms with Gasteiger partial charge in [0.05, 0.1) is 33.3 Å². The third-order valence-electron chi connectivity index (χ3n) is 7.89. The highest BCUT2D eigenvalue weighted by molar-refractivity contribution is 7.21. The molecule has 0 bridgehead atoms. The smallest absolute Gasteiger partial charge is 0.406 e. The Hall–Kier alpha value is -3.59.